The van der Waals surface area contributed by atoms with Gasteiger partial charge >= 0.3 is 18.1 Å². The number of hydrogen-bond donors (Lipinski definition) is 0. The Balaban J connectivity index is 0. The summed E-state index contributed by atoms with van der Waals surface area (Å²) in [5.41, 5.74) is 0. The van der Waals surface area contributed by atoms with E-state index in [1.807, 2.05) is 0 Å². The predicted octanol–water partition coefficient (Wildman–Crippen LogP) is 8.93. The average molecular weight is 411 g/mol. The second-order valence-corrected chi connectivity index (χ2v) is 6.88. The van der Waals surface area contributed by atoms with Gasteiger partial charge in [-0.05, 0) is 6.42 Å². The molecule has 0 saturated carbocycles. The maximum Gasteiger partial charge on any atom is 0.334 e. The summed E-state index contributed by atoms with van der Waals surface area (Å²) in [4.78, 5) is 11.1. The van der Waals surface area contributed by atoms with Crippen molar-refractivity contribution < 1.29 is 27.1 Å². The zero-order chi connectivity index (χ0) is 21.5. The van der Waals surface area contributed by atoms with Crippen molar-refractivity contribution in [2.24, 2.45) is 0 Å². The Morgan fingerprint density at radius 1 is 0.679 bits per heavy atom. The van der Waals surface area contributed by atoms with E-state index in [1.54, 1.807) is 0 Å². The van der Waals surface area contributed by atoms with E-state index in [0.29, 0.717) is 6.42 Å². The van der Waals surface area contributed by atoms with Crippen molar-refractivity contribution in [3.05, 3.63) is 25.0 Å². The van der Waals surface area contributed by atoms with Gasteiger partial charge in [-0.3, -0.25) is 4.79 Å². The molecule has 6 heteroatoms. The highest BCUT2D eigenvalue weighted by atomic mass is 19.3. The molecule has 0 amide bonds. The first kappa shape index (κ1) is 28.9. The Morgan fingerprint density at radius 2 is 1.00 bits per heavy atom. The van der Waals surface area contributed by atoms with Gasteiger partial charge in [-0.2, -0.15) is 17.6 Å². The normalized spacial score (nSPS) is 10.0. The second kappa shape index (κ2) is 23.7. The van der Waals surface area contributed by atoms with Crippen LogP contribution in [0.3, 0.4) is 0 Å². The molecule has 166 valence electrons. The van der Waals surface area contributed by atoms with Crippen molar-refractivity contribution in [1.29, 1.82) is 0 Å². The van der Waals surface area contributed by atoms with Crippen LogP contribution in [0, 0.1) is 0 Å². The van der Waals surface area contributed by atoms with Gasteiger partial charge in [-0.15, -0.1) is 0 Å². The van der Waals surface area contributed by atoms with Gasteiger partial charge in [0.05, 0.1) is 6.26 Å². The van der Waals surface area contributed by atoms with Gasteiger partial charge in [0.25, 0.3) is 0 Å². The van der Waals surface area contributed by atoms with E-state index in [1.165, 1.54) is 89.7 Å². The van der Waals surface area contributed by atoms with E-state index in [-0.39, 0.29) is 5.97 Å². The third-order valence-electron chi connectivity index (χ3n) is 4.34. The molecule has 0 radical (unpaired) electrons. The largest absolute Gasteiger partial charge is 0.435 e. The fraction of sp³-hybridized carbons (Fsp3) is 0.773. The molecule has 0 aliphatic heterocycles. The summed E-state index contributed by atoms with van der Waals surface area (Å²) in [5, 5.41) is 0. The number of rotatable bonds is 17. The lowest BCUT2D eigenvalue weighted by Gasteiger charge is -2.03. The molecule has 0 bridgehead atoms. The van der Waals surface area contributed by atoms with Gasteiger partial charge in [0.2, 0.25) is 0 Å². The molecule has 0 spiro atoms. The quantitative estimate of drug-likeness (QED) is 0.103. The first-order valence-corrected chi connectivity index (χ1v) is 10.6. The highest BCUT2D eigenvalue weighted by Crippen LogP contribution is 2.13. The third kappa shape index (κ3) is 26.9. The van der Waals surface area contributed by atoms with Crippen molar-refractivity contribution in [3.63, 3.8) is 0 Å². The number of hydrogen-bond acceptors (Lipinski definition) is 2. The minimum absolute atomic E-state index is 0.148. The molecule has 0 aromatic rings. The number of halogens is 4. The predicted molar refractivity (Wildman–Crippen MR) is 107 cm³/mol. The lowest BCUT2D eigenvalue weighted by molar-refractivity contribution is -0.138. The van der Waals surface area contributed by atoms with Gasteiger partial charge in [-0.25, -0.2) is 0 Å². The summed E-state index contributed by atoms with van der Waals surface area (Å²) in [6, 6.07) is 0. The number of carbonyl (C=O) groups excluding carboxylic acids is 1. The maximum atomic E-state index is 11.1. The fourth-order valence-electron chi connectivity index (χ4n) is 2.79. The van der Waals surface area contributed by atoms with Crippen LogP contribution in [0.4, 0.5) is 17.6 Å². The fourth-order valence-corrected chi connectivity index (χ4v) is 2.79. The lowest BCUT2D eigenvalue weighted by atomic mass is 10.0. The molecule has 0 aromatic carbocycles. The van der Waals surface area contributed by atoms with Crippen LogP contribution in [-0.4, -0.2) is 5.97 Å². The number of unbranched alkanes of at least 4 members (excludes halogenated alkanes) is 14. The summed E-state index contributed by atoms with van der Waals surface area (Å²) in [7, 11) is 0. The van der Waals surface area contributed by atoms with Crippen molar-refractivity contribution >= 4 is 5.97 Å². The molecule has 0 unspecified atom stereocenters. The molecule has 0 heterocycles. The van der Waals surface area contributed by atoms with Crippen LogP contribution in [0.5, 0.6) is 0 Å². The highest BCUT2D eigenvalue weighted by Gasteiger charge is 2.00. The van der Waals surface area contributed by atoms with E-state index in [9.17, 15) is 22.4 Å². The van der Waals surface area contributed by atoms with E-state index < -0.39 is 12.2 Å². The Bertz CT molecular complexity index is 380. The van der Waals surface area contributed by atoms with Gasteiger partial charge in [-0.1, -0.05) is 103 Å². The molecule has 0 rings (SSSR count). The molecule has 28 heavy (non-hydrogen) atoms. The van der Waals surface area contributed by atoms with Crippen molar-refractivity contribution in [2.75, 3.05) is 0 Å². The molecular formula is C22H38F4O2. The SMILES string of the molecule is C=COC(=O)CCCCCCCCCCCCCCCCC.FC(F)=C(F)F. The monoisotopic (exact) mass is 410 g/mol. The molecule has 0 N–H and O–H groups in total. The van der Waals surface area contributed by atoms with E-state index >= 15 is 0 Å². The summed E-state index contributed by atoms with van der Waals surface area (Å²) in [6.07, 6.45) is 16.1. The standard InChI is InChI=1S/C20H38O2.C2F4/c1-3-5-6-7-8-9-10-11-12-13-14-15-16-17-18-19-20(21)22-4-2;3-1(4)2(5)6/h4H,2-3,5-19H2,1H3;. The summed E-state index contributed by atoms with van der Waals surface area (Å²) < 4.78 is 45.8. The molecule has 0 saturated heterocycles. The van der Waals surface area contributed by atoms with Crippen LogP contribution < -0.4 is 0 Å². The van der Waals surface area contributed by atoms with E-state index in [0.717, 1.165) is 12.8 Å². The van der Waals surface area contributed by atoms with Crippen LogP contribution in [0.25, 0.3) is 0 Å². The summed E-state index contributed by atoms with van der Waals surface area (Å²) in [5.74, 6) is -0.148. The van der Waals surface area contributed by atoms with Crippen molar-refractivity contribution in [3.8, 4) is 0 Å². The Kier molecular flexibility index (Phi) is 24.5. The minimum Gasteiger partial charge on any atom is -0.435 e. The van der Waals surface area contributed by atoms with Crippen LogP contribution in [0.1, 0.15) is 110 Å². The molecular weight excluding hydrogens is 372 g/mol. The highest BCUT2D eigenvalue weighted by molar-refractivity contribution is 5.69. The zero-order valence-electron chi connectivity index (χ0n) is 17.4. The second-order valence-electron chi connectivity index (χ2n) is 6.88. The Hall–Kier alpha value is -1.33. The van der Waals surface area contributed by atoms with E-state index in [2.05, 4.69) is 18.2 Å². The average Bonchev–Trinajstić information content (AvgIpc) is 2.65. The molecule has 0 aliphatic carbocycles. The van der Waals surface area contributed by atoms with Gasteiger partial charge in [0.15, 0.2) is 0 Å². The van der Waals surface area contributed by atoms with E-state index in [4.69, 9.17) is 0 Å². The molecule has 0 atom stereocenters. The van der Waals surface area contributed by atoms with Crippen LogP contribution in [-0.2, 0) is 9.53 Å². The Labute approximate surface area is 168 Å². The smallest absolute Gasteiger partial charge is 0.334 e. The topological polar surface area (TPSA) is 26.3 Å². The van der Waals surface area contributed by atoms with Crippen molar-refractivity contribution in [2.45, 2.75) is 110 Å². The Morgan fingerprint density at radius 3 is 1.29 bits per heavy atom. The van der Waals surface area contributed by atoms with Crippen LogP contribution >= 0.6 is 0 Å². The first-order valence-electron chi connectivity index (χ1n) is 10.6. The summed E-state index contributed by atoms with van der Waals surface area (Å²) >= 11 is 0. The van der Waals surface area contributed by atoms with Gasteiger partial charge in [0, 0.05) is 6.42 Å². The van der Waals surface area contributed by atoms with Crippen LogP contribution in [0.15, 0.2) is 25.0 Å². The summed E-state index contributed by atoms with van der Waals surface area (Å²) in [6.45, 7) is 5.65. The lowest BCUT2D eigenvalue weighted by Crippen LogP contribution is -1.98. The molecule has 2 nitrogen and oxygen atoms in total. The van der Waals surface area contributed by atoms with Crippen LogP contribution in [0.2, 0.25) is 0 Å². The van der Waals surface area contributed by atoms with Gasteiger partial charge in [0.1, 0.15) is 0 Å². The minimum atomic E-state index is -2.91. The number of carbonyl (C=O) groups is 1. The maximum absolute atomic E-state index is 11.1. The first-order chi connectivity index (χ1) is 13.5. The molecule has 0 fully saturated rings. The zero-order valence-corrected chi connectivity index (χ0v) is 17.4. The van der Waals surface area contributed by atoms with Crippen molar-refractivity contribution in [1.82, 2.24) is 0 Å². The number of esters is 1. The third-order valence-corrected chi connectivity index (χ3v) is 4.34. The number of ether oxygens (including phenoxy) is 1. The molecule has 0 aromatic heterocycles. The van der Waals surface area contributed by atoms with Gasteiger partial charge < -0.3 is 4.74 Å². The molecule has 0 aliphatic rings.